The fourth-order valence-electron chi connectivity index (χ4n) is 2.81. The van der Waals surface area contributed by atoms with E-state index in [0.717, 1.165) is 17.7 Å². The van der Waals surface area contributed by atoms with Gasteiger partial charge >= 0.3 is 0 Å². The van der Waals surface area contributed by atoms with Crippen LogP contribution < -0.4 is 5.43 Å². The summed E-state index contributed by atoms with van der Waals surface area (Å²) in [5.41, 5.74) is 5.43. The zero-order valence-corrected chi connectivity index (χ0v) is 14.8. The van der Waals surface area contributed by atoms with Gasteiger partial charge in [-0.05, 0) is 36.5 Å². The van der Waals surface area contributed by atoms with E-state index in [1.54, 1.807) is 12.1 Å². The Morgan fingerprint density at radius 3 is 2.62 bits per heavy atom. The van der Waals surface area contributed by atoms with E-state index >= 15 is 0 Å². The zero-order chi connectivity index (χ0) is 17.1. The molecule has 1 saturated carbocycles. The Bertz CT molecular complexity index is 774. The third-order valence-corrected chi connectivity index (χ3v) is 4.78. The molecular weight excluding hydrogens is 343 g/mol. The quantitative estimate of drug-likeness (QED) is 0.589. The Morgan fingerprint density at radius 2 is 1.96 bits per heavy atom. The van der Waals surface area contributed by atoms with Crippen molar-refractivity contribution < 1.29 is 4.79 Å². The van der Waals surface area contributed by atoms with Crippen molar-refractivity contribution in [3.05, 3.63) is 69.7 Å². The maximum absolute atomic E-state index is 12.3. The minimum absolute atomic E-state index is 0.00468. The number of carbonyl (C=O) groups excluding carboxylic acids is 1. The van der Waals surface area contributed by atoms with Crippen LogP contribution in [0.3, 0.4) is 0 Å². The zero-order valence-electron chi connectivity index (χ0n) is 13.3. The molecule has 0 radical (unpaired) electrons. The Hall–Kier alpha value is -1.84. The summed E-state index contributed by atoms with van der Waals surface area (Å²) in [6.07, 6.45) is 1.53. The average molecular weight is 361 g/mol. The lowest BCUT2D eigenvalue weighted by atomic mass is 10.1. The van der Waals surface area contributed by atoms with Gasteiger partial charge in [0, 0.05) is 16.5 Å². The largest absolute Gasteiger partial charge is 0.273 e. The van der Waals surface area contributed by atoms with Gasteiger partial charge < -0.3 is 0 Å². The molecule has 124 valence electrons. The maximum Gasteiger partial charge on any atom is 0.243 e. The number of carbonyl (C=O) groups is 1. The van der Waals surface area contributed by atoms with Gasteiger partial charge in [0.05, 0.1) is 10.7 Å². The Morgan fingerprint density at radius 1 is 1.21 bits per heavy atom. The number of hydrogen-bond acceptors (Lipinski definition) is 2. The monoisotopic (exact) mass is 360 g/mol. The molecule has 3 rings (SSSR count). The van der Waals surface area contributed by atoms with E-state index in [1.165, 1.54) is 5.56 Å². The van der Waals surface area contributed by atoms with Crippen LogP contribution in [0.2, 0.25) is 10.0 Å². The third kappa shape index (κ3) is 3.80. The molecular formula is C19H18Cl2N2O. The molecule has 0 aromatic heterocycles. The van der Waals surface area contributed by atoms with Crippen molar-refractivity contribution >= 4 is 34.8 Å². The highest BCUT2D eigenvalue weighted by atomic mass is 35.5. The molecule has 0 heterocycles. The van der Waals surface area contributed by atoms with Crippen molar-refractivity contribution in [3.8, 4) is 0 Å². The van der Waals surface area contributed by atoms with Crippen molar-refractivity contribution in [1.82, 2.24) is 5.43 Å². The molecule has 0 bridgehead atoms. The van der Waals surface area contributed by atoms with Crippen LogP contribution in [-0.4, -0.2) is 11.6 Å². The Kier molecular flexibility index (Phi) is 5.22. The van der Waals surface area contributed by atoms with Crippen LogP contribution in [0.4, 0.5) is 0 Å². The predicted molar refractivity (Wildman–Crippen MR) is 98.7 cm³/mol. The fourth-order valence-corrected chi connectivity index (χ4v) is 3.33. The summed E-state index contributed by atoms with van der Waals surface area (Å²) in [5.74, 6) is 0.250. The van der Waals surface area contributed by atoms with Gasteiger partial charge in [0.25, 0.3) is 0 Å². The third-order valence-electron chi connectivity index (χ3n) is 4.23. The SMILES string of the molecule is CCC(=NNC(=O)C1CC1c1ccccc1)c1ccc(Cl)cc1Cl. The van der Waals surface area contributed by atoms with E-state index in [-0.39, 0.29) is 11.8 Å². The Balaban J connectivity index is 1.67. The van der Waals surface area contributed by atoms with Gasteiger partial charge in [-0.25, -0.2) is 5.43 Å². The summed E-state index contributed by atoms with van der Waals surface area (Å²) < 4.78 is 0. The van der Waals surface area contributed by atoms with E-state index in [9.17, 15) is 4.79 Å². The van der Waals surface area contributed by atoms with Crippen molar-refractivity contribution in [3.63, 3.8) is 0 Å². The lowest BCUT2D eigenvalue weighted by Crippen LogP contribution is -2.22. The van der Waals surface area contributed by atoms with Gasteiger partial charge in [-0.1, -0.05) is 66.5 Å². The smallest absolute Gasteiger partial charge is 0.243 e. The van der Waals surface area contributed by atoms with E-state index in [2.05, 4.69) is 22.7 Å². The first kappa shape index (κ1) is 17.0. The summed E-state index contributed by atoms with van der Waals surface area (Å²) in [7, 11) is 0. The molecule has 1 fully saturated rings. The van der Waals surface area contributed by atoms with E-state index in [1.807, 2.05) is 31.2 Å². The summed E-state index contributed by atoms with van der Waals surface area (Å²) in [5, 5.41) is 5.39. The fraction of sp³-hybridized carbons (Fsp3) is 0.263. The van der Waals surface area contributed by atoms with Gasteiger partial charge in [-0.15, -0.1) is 0 Å². The number of rotatable bonds is 5. The van der Waals surface area contributed by atoms with Crippen LogP contribution in [0, 0.1) is 5.92 Å². The summed E-state index contributed by atoms with van der Waals surface area (Å²) in [6, 6.07) is 15.4. The highest BCUT2D eigenvalue weighted by molar-refractivity contribution is 6.37. The van der Waals surface area contributed by atoms with Crippen molar-refractivity contribution in [2.24, 2.45) is 11.0 Å². The number of nitrogens with zero attached hydrogens (tertiary/aromatic N) is 1. The van der Waals surface area contributed by atoms with Gasteiger partial charge in [-0.2, -0.15) is 5.10 Å². The molecule has 1 N–H and O–H groups in total. The molecule has 2 aromatic carbocycles. The molecule has 1 amide bonds. The maximum atomic E-state index is 12.3. The molecule has 2 atom stereocenters. The van der Waals surface area contributed by atoms with E-state index in [0.29, 0.717) is 22.4 Å². The Labute approximate surface area is 151 Å². The van der Waals surface area contributed by atoms with Crippen LogP contribution in [-0.2, 0) is 4.79 Å². The predicted octanol–water partition coefficient (Wildman–Crippen LogP) is 5.03. The molecule has 2 unspecified atom stereocenters. The second-order valence-electron chi connectivity index (χ2n) is 5.87. The minimum atomic E-state index is -0.0418. The molecule has 1 aliphatic carbocycles. The number of hydrogen-bond donors (Lipinski definition) is 1. The molecule has 24 heavy (non-hydrogen) atoms. The lowest BCUT2D eigenvalue weighted by molar-refractivity contribution is -0.122. The van der Waals surface area contributed by atoms with Crippen molar-refractivity contribution in [2.45, 2.75) is 25.7 Å². The summed E-state index contributed by atoms with van der Waals surface area (Å²) in [4.78, 5) is 12.3. The number of benzene rings is 2. The van der Waals surface area contributed by atoms with Crippen LogP contribution in [0.1, 0.15) is 36.8 Å². The first-order chi connectivity index (χ1) is 11.6. The first-order valence-electron chi connectivity index (χ1n) is 7.97. The standard InChI is InChI=1S/C19H18Cl2N2O/c1-2-18(14-9-8-13(20)10-17(14)21)22-23-19(24)16-11-15(16)12-6-4-3-5-7-12/h3-10,15-16H,2,11H2,1H3,(H,23,24). The van der Waals surface area contributed by atoms with Crippen LogP contribution >= 0.6 is 23.2 Å². The molecule has 0 saturated heterocycles. The summed E-state index contributed by atoms with van der Waals surface area (Å²) in [6.45, 7) is 1.97. The van der Waals surface area contributed by atoms with Gasteiger partial charge in [-0.3, -0.25) is 4.79 Å². The second kappa shape index (κ2) is 7.37. The van der Waals surface area contributed by atoms with Crippen molar-refractivity contribution in [2.75, 3.05) is 0 Å². The number of nitrogens with one attached hydrogen (secondary N) is 1. The minimum Gasteiger partial charge on any atom is -0.273 e. The topological polar surface area (TPSA) is 41.5 Å². The number of halogens is 2. The van der Waals surface area contributed by atoms with Gasteiger partial charge in [0.2, 0.25) is 5.91 Å². The number of hydrazone groups is 1. The first-order valence-corrected chi connectivity index (χ1v) is 8.72. The molecule has 0 spiro atoms. The summed E-state index contributed by atoms with van der Waals surface area (Å²) >= 11 is 12.1. The van der Waals surface area contributed by atoms with Crippen molar-refractivity contribution in [1.29, 1.82) is 0 Å². The van der Waals surface area contributed by atoms with Crippen LogP contribution in [0.5, 0.6) is 0 Å². The molecule has 5 heteroatoms. The highest BCUT2D eigenvalue weighted by Crippen LogP contribution is 2.47. The van der Waals surface area contributed by atoms with E-state index < -0.39 is 0 Å². The number of amides is 1. The molecule has 3 nitrogen and oxygen atoms in total. The van der Waals surface area contributed by atoms with Crippen LogP contribution in [0.15, 0.2) is 53.6 Å². The van der Waals surface area contributed by atoms with E-state index in [4.69, 9.17) is 23.2 Å². The lowest BCUT2D eigenvalue weighted by Gasteiger charge is -2.08. The molecule has 2 aromatic rings. The molecule has 0 aliphatic heterocycles. The van der Waals surface area contributed by atoms with Crippen LogP contribution in [0.25, 0.3) is 0 Å². The second-order valence-corrected chi connectivity index (χ2v) is 6.72. The van der Waals surface area contributed by atoms with Gasteiger partial charge in [0.1, 0.15) is 0 Å². The van der Waals surface area contributed by atoms with Gasteiger partial charge in [0.15, 0.2) is 0 Å². The molecule has 1 aliphatic rings. The normalized spacial score (nSPS) is 19.9. The average Bonchev–Trinajstić information content (AvgIpc) is 3.38. The highest BCUT2D eigenvalue weighted by Gasteiger charge is 2.43.